The Labute approximate surface area is 89.3 Å². The largest absolute Gasteiger partial charge is 0.417 e. The highest BCUT2D eigenvalue weighted by Crippen LogP contribution is 2.27. The maximum Gasteiger partial charge on any atom is 0.417 e. The molecule has 0 amide bonds. The van der Waals surface area contributed by atoms with Gasteiger partial charge in [-0.1, -0.05) is 29.8 Å². The van der Waals surface area contributed by atoms with Gasteiger partial charge >= 0.3 is 5.76 Å². The number of hydrogen-bond donors (Lipinski definition) is 1. The van der Waals surface area contributed by atoms with E-state index < -0.39 is 5.76 Å². The van der Waals surface area contributed by atoms with Crippen LogP contribution < -0.4 is 5.76 Å². The van der Waals surface area contributed by atoms with E-state index in [1.54, 1.807) is 0 Å². The summed E-state index contributed by atoms with van der Waals surface area (Å²) < 4.78 is 6.03. The van der Waals surface area contributed by atoms with Gasteiger partial charge in [-0.3, -0.25) is 4.98 Å². The topological polar surface area (TPSA) is 46.0 Å². The Hall–Kier alpha value is -1.03. The van der Waals surface area contributed by atoms with Crippen molar-refractivity contribution in [3.8, 4) is 0 Å². The molecule has 1 N–H and O–H groups in total. The monoisotopic (exact) mass is 255 g/mol. The second-order valence-corrected chi connectivity index (χ2v) is 4.46. The average Bonchev–Trinajstić information content (AvgIpc) is 2.42. The molecule has 74 valence electrons. The number of oxazole rings is 1. The first-order valence-corrected chi connectivity index (χ1v) is 5.19. The molecule has 0 bridgehead atoms. The quantitative estimate of drug-likeness (QED) is 0.852. The van der Waals surface area contributed by atoms with Crippen molar-refractivity contribution >= 4 is 27.0 Å². The van der Waals surface area contributed by atoms with Crippen LogP contribution in [-0.4, -0.2) is 4.98 Å². The molecule has 0 aliphatic heterocycles. The van der Waals surface area contributed by atoms with Gasteiger partial charge in [0.25, 0.3) is 0 Å². The van der Waals surface area contributed by atoms with Gasteiger partial charge in [-0.05, 0) is 18.1 Å². The number of benzene rings is 1. The molecule has 0 aliphatic carbocycles. The number of fused-ring (bicyclic) bond motifs is 1. The number of aromatic nitrogens is 1. The molecule has 14 heavy (non-hydrogen) atoms. The lowest BCUT2D eigenvalue weighted by molar-refractivity contribution is 0.550. The van der Waals surface area contributed by atoms with E-state index in [9.17, 15) is 4.79 Å². The third-order valence-electron chi connectivity index (χ3n) is 2.14. The number of hydrogen-bond acceptors (Lipinski definition) is 2. The molecule has 3 nitrogen and oxygen atoms in total. The van der Waals surface area contributed by atoms with Gasteiger partial charge in [0.2, 0.25) is 0 Å². The predicted molar refractivity (Wildman–Crippen MR) is 58.6 cm³/mol. The van der Waals surface area contributed by atoms with E-state index in [1.807, 2.05) is 12.1 Å². The Morgan fingerprint density at radius 3 is 2.79 bits per heavy atom. The second kappa shape index (κ2) is 3.28. The molecule has 2 aromatic rings. The summed E-state index contributed by atoms with van der Waals surface area (Å²) >= 11 is 3.40. The average molecular weight is 256 g/mol. The van der Waals surface area contributed by atoms with Crippen LogP contribution in [-0.2, 0) is 0 Å². The highest BCUT2D eigenvalue weighted by Gasteiger charge is 2.11. The van der Waals surface area contributed by atoms with Gasteiger partial charge in [-0.25, -0.2) is 4.79 Å². The van der Waals surface area contributed by atoms with E-state index in [1.165, 1.54) is 0 Å². The predicted octanol–water partition coefficient (Wildman–Crippen LogP) is 3.01. The Morgan fingerprint density at radius 2 is 2.14 bits per heavy atom. The zero-order chi connectivity index (χ0) is 10.3. The summed E-state index contributed by atoms with van der Waals surface area (Å²) in [4.78, 5) is 13.7. The fourth-order valence-electron chi connectivity index (χ4n) is 1.48. The summed E-state index contributed by atoms with van der Waals surface area (Å²) in [7, 11) is 0. The normalized spacial score (nSPS) is 11.4. The van der Waals surface area contributed by atoms with Crippen LogP contribution in [0.1, 0.15) is 25.3 Å². The van der Waals surface area contributed by atoms with Crippen LogP contribution >= 0.6 is 15.9 Å². The first-order chi connectivity index (χ1) is 6.58. The molecule has 2 rings (SSSR count). The Bertz CT molecular complexity index is 524. The summed E-state index contributed by atoms with van der Waals surface area (Å²) in [6.07, 6.45) is 0. The molecule has 0 fully saturated rings. The fraction of sp³-hybridized carbons (Fsp3) is 0.300. The third kappa shape index (κ3) is 1.50. The van der Waals surface area contributed by atoms with Crippen molar-refractivity contribution in [2.45, 2.75) is 19.8 Å². The highest BCUT2D eigenvalue weighted by atomic mass is 79.9. The van der Waals surface area contributed by atoms with Crippen molar-refractivity contribution < 1.29 is 4.42 Å². The maximum atomic E-state index is 11.0. The fourth-order valence-corrected chi connectivity index (χ4v) is 1.95. The summed E-state index contributed by atoms with van der Waals surface area (Å²) in [6, 6.07) is 3.82. The van der Waals surface area contributed by atoms with Gasteiger partial charge in [0.1, 0.15) is 0 Å². The summed E-state index contributed by atoms with van der Waals surface area (Å²) in [5.41, 5.74) is 2.44. The highest BCUT2D eigenvalue weighted by molar-refractivity contribution is 9.10. The molecule has 0 saturated heterocycles. The molecular formula is C10H10BrNO2. The van der Waals surface area contributed by atoms with Crippen LogP contribution in [0.25, 0.3) is 11.1 Å². The van der Waals surface area contributed by atoms with Gasteiger partial charge < -0.3 is 4.42 Å². The number of aromatic amines is 1. The molecule has 1 aromatic carbocycles. The zero-order valence-electron chi connectivity index (χ0n) is 7.93. The van der Waals surface area contributed by atoms with Crippen LogP contribution in [0, 0.1) is 0 Å². The van der Waals surface area contributed by atoms with Gasteiger partial charge in [-0.15, -0.1) is 0 Å². The molecular weight excluding hydrogens is 246 g/mol. The van der Waals surface area contributed by atoms with Crippen LogP contribution in [0.5, 0.6) is 0 Å². The van der Waals surface area contributed by atoms with Crippen LogP contribution in [0.3, 0.4) is 0 Å². The van der Waals surface area contributed by atoms with E-state index in [-0.39, 0.29) is 0 Å². The Kier molecular flexibility index (Phi) is 2.23. The zero-order valence-corrected chi connectivity index (χ0v) is 9.51. The van der Waals surface area contributed by atoms with Crippen LogP contribution in [0.2, 0.25) is 0 Å². The first kappa shape index (κ1) is 9.52. The number of nitrogens with one attached hydrogen (secondary N) is 1. The van der Waals surface area contributed by atoms with Gasteiger partial charge in [-0.2, -0.15) is 0 Å². The lowest BCUT2D eigenvalue weighted by Gasteiger charge is -2.05. The standard InChI is InChI=1S/C10H10BrNO2/c1-5(2)7-3-6(11)4-8-9(7)14-10(13)12-8/h3-5H,1-2H3,(H,12,13). The van der Waals surface area contributed by atoms with Crippen LogP contribution in [0.4, 0.5) is 0 Å². The minimum Gasteiger partial charge on any atom is -0.408 e. The van der Waals surface area contributed by atoms with Gasteiger partial charge in [0.05, 0.1) is 5.52 Å². The number of rotatable bonds is 1. The first-order valence-electron chi connectivity index (χ1n) is 4.40. The van der Waals surface area contributed by atoms with E-state index in [0.29, 0.717) is 11.5 Å². The second-order valence-electron chi connectivity index (χ2n) is 3.54. The summed E-state index contributed by atoms with van der Waals surface area (Å²) in [5.74, 6) is -0.0750. The van der Waals surface area contributed by atoms with E-state index in [4.69, 9.17) is 4.42 Å². The molecule has 0 saturated carbocycles. The Morgan fingerprint density at radius 1 is 1.43 bits per heavy atom. The lowest BCUT2D eigenvalue weighted by atomic mass is 10.0. The molecule has 1 heterocycles. The lowest BCUT2D eigenvalue weighted by Crippen LogP contribution is -1.92. The number of halogens is 1. The molecule has 0 aliphatic rings. The van der Waals surface area contributed by atoms with Crippen molar-refractivity contribution in [1.82, 2.24) is 4.98 Å². The SMILES string of the molecule is CC(C)c1cc(Br)cc2[nH]c(=O)oc12. The molecule has 0 spiro atoms. The van der Waals surface area contributed by atoms with Gasteiger partial charge in [0, 0.05) is 10.0 Å². The van der Waals surface area contributed by atoms with E-state index in [2.05, 4.69) is 34.8 Å². The van der Waals surface area contributed by atoms with Crippen molar-refractivity contribution in [2.75, 3.05) is 0 Å². The Balaban J connectivity index is 2.85. The third-order valence-corrected chi connectivity index (χ3v) is 2.59. The smallest absolute Gasteiger partial charge is 0.408 e. The molecule has 0 radical (unpaired) electrons. The van der Waals surface area contributed by atoms with Crippen molar-refractivity contribution in [3.05, 3.63) is 32.7 Å². The van der Waals surface area contributed by atoms with Crippen LogP contribution in [0.15, 0.2) is 25.8 Å². The summed E-state index contributed by atoms with van der Waals surface area (Å²) in [5, 5.41) is 0. The molecule has 0 atom stereocenters. The minimum absolute atomic E-state index is 0.328. The van der Waals surface area contributed by atoms with Crippen molar-refractivity contribution in [1.29, 1.82) is 0 Å². The summed E-state index contributed by atoms with van der Waals surface area (Å²) in [6.45, 7) is 4.13. The number of H-pyrrole nitrogens is 1. The van der Waals surface area contributed by atoms with E-state index in [0.717, 1.165) is 15.6 Å². The maximum absolute atomic E-state index is 11.0. The molecule has 1 aromatic heterocycles. The van der Waals surface area contributed by atoms with Crippen molar-refractivity contribution in [2.24, 2.45) is 0 Å². The molecule has 0 unspecified atom stereocenters. The van der Waals surface area contributed by atoms with Crippen molar-refractivity contribution in [3.63, 3.8) is 0 Å². The minimum atomic E-state index is -0.403. The van der Waals surface area contributed by atoms with E-state index >= 15 is 0 Å². The molecule has 4 heteroatoms. The van der Waals surface area contributed by atoms with Gasteiger partial charge in [0.15, 0.2) is 5.58 Å².